The average Bonchev–Trinajstić information content (AvgIpc) is 3.12. The van der Waals surface area contributed by atoms with Crippen molar-refractivity contribution in [3.8, 4) is 0 Å². The minimum absolute atomic E-state index is 0.0836. The number of hydrogen-bond donors (Lipinski definition) is 1. The first-order chi connectivity index (χ1) is 13.2. The molecule has 3 heterocycles. The molecule has 0 bridgehead atoms. The lowest BCUT2D eigenvalue weighted by molar-refractivity contribution is -0.0900. The highest BCUT2D eigenvalue weighted by molar-refractivity contribution is 5.94. The van der Waals surface area contributed by atoms with Gasteiger partial charge in [-0.15, -0.1) is 0 Å². The van der Waals surface area contributed by atoms with Crippen molar-refractivity contribution in [3.05, 3.63) is 54.4 Å². The Bertz CT molecular complexity index is 817. The van der Waals surface area contributed by atoms with Gasteiger partial charge >= 0.3 is 6.03 Å². The van der Waals surface area contributed by atoms with E-state index < -0.39 is 5.60 Å². The van der Waals surface area contributed by atoms with Gasteiger partial charge in [0.1, 0.15) is 5.60 Å². The van der Waals surface area contributed by atoms with E-state index in [1.807, 2.05) is 30.3 Å². The van der Waals surface area contributed by atoms with E-state index in [0.29, 0.717) is 44.8 Å². The van der Waals surface area contributed by atoms with Gasteiger partial charge in [0.25, 0.3) is 5.91 Å². The Balaban J connectivity index is 1.40. The van der Waals surface area contributed by atoms with Crippen LogP contribution in [-0.4, -0.2) is 70.3 Å². The van der Waals surface area contributed by atoms with Gasteiger partial charge in [-0.2, -0.15) is 10.2 Å². The van der Waals surface area contributed by atoms with Gasteiger partial charge in [0.05, 0.1) is 37.7 Å². The molecule has 1 spiro atoms. The number of para-hydroxylation sites is 1. The van der Waals surface area contributed by atoms with E-state index in [4.69, 9.17) is 4.74 Å². The predicted octanol–water partition coefficient (Wildman–Crippen LogP) is 1.63. The first-order valence-electron chi connectivity index (χ1n) is 8.96. The molecule has 1 atom stereocenters. The van der Waals surface area contributed by atoms with Gasteiger partial charge in [0.2, 0.25) is 0 Å². The lowest BCUT2D eigenvalue weighted by atomic mass is 10.00. The second-order valence-corrected chi connectivity index (χ2v) is 6.86. The Morgan fingerprint density at radius 1 is 1.04 bits per heavy atom. The summed E-state index contributed by atoms with van der Waals surface area (Å²) in [7, 11) is 0. The van der Waals surface area contributed by atoms with Crippen molar-refractivity contribution in [1.82, 2.24) is 20.0 Å². The number of morpholine rings is 1. The van der Waals surface area contributed by atoms with Gasteiger partial charge in [0, 0.05) is 18.8 Å². The minimum atomic E-state index is -0.512. The minimum Gasteiger partial charge on any atom is -0.369 e. The molecule has 140 valence electrons. The topological polar surface area (TPSA) is 87.7 Å². The van der Waals surface area contributed by atoms with E-state index in [1.165, 1.54) is 12.4 Å². The molecule has 4 rings (SSSR count). The van der Waals surface area contributed by atoms with Crippen LogP contribution in [0.15, 0.2) is 48.8 Å². The third-order valence-electron chi connectivity index (χ3n) is 5.00. The van der Waals surface area contributed by atoms with Gasteiger partial charge in [-0.05, 0) is 24.6 Å². The third kappa shape index (κ3) is 3.75. The van der Waals surface area contributed by atoms with Gasteiger partial charge in [-0.1, -0.05) is 18.2 Å². The van der Waals surface area contributed by atoms with Crippen LogP contribution >= 0.6 is 0 Å². The standard InChI is InChI=1S/C19H21N5O3/c25-17(15-6-8-20-21-12-15)23-10-11-27-19(13-23)7-9-24(14-19)18(26)22-16-4-2-1-3-5-16/h1-6,8,12H,7,9-11,13-14H2,(H,22,26)/t19-/m1/s1. The zero-order chi connectivity index (χ0) is 18.7. The van der Waals surface area contributed by atoms with E-state index >= 15 is 0 Å². The quantitative estimate of drug-likeness (QED) is 0.872. The number of carbonyl (C=O) groups is 2. The molecular formula is C19H21N5O3. The van der Waals surface area contributed by atoms with Gasteiger partial charge in [-0.3, -0.25) is 4.79 Å². The number of benzene rings is 1. The van der Waals surface area contributed by atoms with Crippen molar-refractivity contribution in [1.29, 1.82) is 0 Å². The molecule has 2 aromatic rings. The molecule has 1 N–H and O–H groups in total. The van der Waals surface area contributed by atoms with Crippen LogP contribution < -0.4 is 5.32 Å². The van der Waals surface area contributed by atoms with Crippen molar-refractivity contribution < 1.29 is 14.3 Å². The second kappa shape index (κ2) is 7.32. The van der Waals surface area contributed by atoms with E-state index in [1.54, 1.807) is 15.9 Å². The molecule has 0 aliphatic carbocycles. The summed E-state index contributed by atoms with van der Waals surface area (Å²) in [5, 5.41) is 10.4. The second-order valence-electron chi connectivity index (χ2n) is 6.86. The molecule has 8 nitrogen and oxygen atoms in total. The third-order valence-corrected chi connectivity index (χ3v) is 5.00. The molecule has 2 aliphatic rings. The fourth-order valence-corrected chi connectivity index (χ4v) is 3.61. The fraction of sp³-hybridized carbons (Fsp3) is 0.368. The Morgan fingerprint density at radius 3 is 2.63 bits per heavy atom. The molecule has 0 saturated carbocycles. The van der Waals surface area contributed by atoms with Crippen molar-refractivity contribution >= 4 is 17.6 Å². The van der Waals surface area contributed by atoms with Crippen LogP contribution in [0, 0.1) is 0 Å². The number of hydrogen-bond acceptors (Lipinski definition) is 5. The SMILES string of the molecule is O=C(Nc1ccccc1)N1CC[C@]2(C1)CN(C(=O)c1ccnnc1)CCO2. The van der Waals surface area contributed by atoms with Crippen molar-refractivity contribution in [2.45, 2.75) is 12.0 Å². The molecule has 3 amide bonds. The largest absolute Gasteiger partial charge is 0.369 e. The summed E-state index contributed by atoms with van der Waals surface area (Å²) < 4.78 is 6.03. The summed E-state index contributed by atoms with van der Waals surface area (Å²) in [5.74, 6) is -0.0836. The number of urea groups is 1. The molecule has 2 fully saturated rings. The Labute approximate surface area is 157 Å². The van der Waals surface area contributed by atoms with Crippen molar-refractivity contribution in [3.63, 3.8) is 0 Å². The maximum Gasteiger partial charge on any atom is 0.321 e. The number of aromatic nitrogens is 2. The average molecular weight is 367 g/mol. The number of rotatable bonds is 2. The van der Waals surface area contributed by atoms with Gasteiger partial charge < -0.3 is 19.9 Å². The van der Waals surface area contributed by atoms with Crippen LogP contribution in [0.5, 0.6) is 0 Å². The van der Waals surface area contributed by atoms with Gasteiger partial charge in [-0.25, -0.2) is 4.79 Å². The zero-order valence-corrected chi connectivity index (χ0v) is 14.9. The fourth-order valence-electron chi connectivity index (χ4n) is 3.61. The number of carbonyl (C=O) groups excluding carboxylic acids is 2. The number of anilines is 1. The first kappa shape index (κ1) is 17.4. The summed E-state index contributed by atoms with van der Waals surface area (Å²) in [6.45, 7) is 2.50. The highest BCUT2D eigenvalue weighted by Gasteiger charge is 2.45. The number of likely N-dealkylation sites (tertiary alicyclic amines) is 1. The monoisotopic (exact) mass is 367 g/mol. The van der Waals surface area contributed by atoms with Crippen molar-refractivity contribution in [2.75, 3.05) is 38.1 Å². The lowest BCUT2D eigenvalue weighted by Gasteiger charge is -2.40. The normalized spacial score (nSPS) is 22.1. The number of amides is 3. The Hall–Kier alpha value is -3.00. The molecule has 8 heteroatoms. The highest BCUT2D eigenvalue weighted by atomic mass is 16.5. The maximum absolute atomic E-state index is 12.7. The molecular weight excluding hydrogens is 346 g/mol. The smallest absolute Gasteiger partial charge is 0.321 e. The number of ether oxygens (including phenoxy) is 1. The van der Waals surface area contributed by atoms with E-state index in [2.05, 4.69) is 15.5 Å². The predicted molar refractivity (Wildman–Crippen MR) is 98.3 cm³/mol. The summed E-state index contributed by atoms with van der Waals surface area (Å²) in [4.78, 5) is 28.8. The van der Waals surface area contributed by atoms with Crippen LogP contribution in [-0.2, 0) is 4.74 Å². The number of nitrogens with zero attached hydrogens (tertiary/aromatic N) is 4. The van der Waals surface area contributed by atoms with Gasteiger partial charge in [0.15, 0.2) is 0 Å². The Morgan fingerprint density at radius 2 is 1.85 bits per heavy atom. The van der Waals surface area contributed by atoms with E-state index in [0.717, 1.165) is 5.69 Å². The first-order valence-corrected chi connectivity index (χ1v) is 8.96. The molecule has 0 radical (unpaired) electrons. The van der Waals surface area contributed by atoms with Crippen LogP contribution in [0.2, 0.25) is 0 Å². The summed E-state index contributed by atoms with van der Waals surface area (Å²) in [5.41, 5.74) is 0.760. The maximum atomic E-state index is 12.7. The summed E-state index contributed by atoms with van der Waals surface area (Å²) >= 11 is 0. The molecule has 1 aromatic heterocycles. The molecule has 0 unspecified atom stereocenters. The van der Waals surface area contributed by atoms with Crippen LogP contribution in [0.25, 0.3) is 0 Å². The van der Waals surface area contributed by atoms with E-state index in [-0.39, 0.29) is 11.9 Å². The molecule has 27 heavy (non-hydrogen) atoms. The summed E-state index contributed by atoms with van der Waals surface area (Å²) in [6.07, 6.45) is 3.68. The zero-order valence-electron chi connectivity index (χ0n) is 14.9. The van der Waals surface area contributed by atoms with Crippen LogP contribution in [0.4, 0.5) is 10.5 Å². The lowest BCUT2D eigenvalue weighted by Crippen LogP contribution is -2.55. The van der Waals surface area contributed by atoms with Crippen LogP contribution in [0.1, 0.15) is 16.8 Å². The highest BCUT2D eigenvalue weighted by Crippen LogP contribution is 2.30. The van der Waals surface area contributed by atoms with Crippen LogP contribution in [0.3, 0.4) is 0 Å². The molecule has 2 saturated heterocycles. The molecule has 1 aromatic carbocycles. The van der Waals surface area contributed by atoms with E-state index in [9.17, 15) is 9.59 Å². The summed E-state index contributed by atoms with van der Waals surface area (Å²) in [6, 6.07) is 10.9. The van der Waals surface area contributed by atoms with Crippen molar-refractivity contribution in [2.24, 2.45) is 0 Å². The Kier molecular flexibility index (Phi) is 4.72. The molecule has 2 aliphatic heterocycles. The number of nitrogens with one attached hydrogen (secondary N) is 1.